The van der Waals surface area contributed by atoms with Crippen molar-refractivity contribution in [3.05, 3.63) is 39.8 Å². The zero-order valence-corrected chi connectivity index (χ0v) is 12.5. The van der Waals surface area contributed by atoms with Crippen molar-refractivity contribution < 1.29 is 9.13 Å². The molecule has 1 N–H and O–H groups in total. The highest BCUT2D eigenvalue weighted by Gasteiger charge is 2.11. The molecule has 0 unspecified atom stereocenters. The lowest BCUT2D eigenvalue weighted by molar-refractivity contribution is 0.188. The van der Waals surface area contributed by atoms with Crippen molar-refractivity contribution in [3.8, 4) is 0 Å². The molecule has 2 aromatic rings. The number of aromatic nitrogens is 2. The van der Waals surface area contributed by atoms with Crippen molar-refractivity contribution in [2.75, 3.05) is 19.0 Å². The van der Waals surface area contributed by atoms with Crippen molar-refractivity contribution in [2.24, 2.45) is 0 Å². The summed E-state index contributed by atoms with van der Waals surface area (Å²) in [4.78, 5) is 4.19. The molecule has 0 radical (unpaired) electrons. The summed E-state index contributed by atoms with van der Waals surface area (Å²) < 4.78 is 20.6. The van der Waals surface area contributed by atoms with Crippen LogP contribution in [0.25, 0.3) is 0 Å². The van der Waals surface area contributed by atoms with Crippen LogP contribution in [0.3, 0.4) is 0 Å². The molecule has 2 rings (SSSR count). The Morgan fingerprint density at radius 3 is 3.00 bits per heavy atom. The van der Waals surface area contributed by atoms with Gasteiger partial charge in [-0.15, -0.1) is 0 Å². The molecule has 1 aromatic heterocycles. The average Bonchev–Trinajstić information content (AvgIpc) is 2.78. The molecule has 0 spiro atoms. The van der Waals surface area contributed by atoms with Gasteiger partial charge in [0.25, 0.3) is 0 Å². The SMILES string of the molecule is COCCn1ccnc1Nc1c(Cl)cc(F)cc1Br. The van der Waals surface area contributed by atoms with Gasteiger partial charge in [-0.1, -0.05) is 11.6 Å². The highest BCUT2D eigenvalue weighted by atomic mass is 79.9. The molecule has 0 saturated heterocycles. The Morgan fingerprint density at radius 1 is 1.53 bits per heavy atom. The summed E-state index contributed by atoms with van der Waals surface area (Å²) in [7, 11) is 1.64. The first-order chi connectivity index (χ1) is 9.11. The van der Waals surface area contributed by atoms with Crippen LogP contribution in [0.4, 0.5) is 16.0 Å². The Kier molecular flexibility index (Phi) is 4.79. The molecule has 0 saturated carbocycles. The Labute approximate surface area is 123 Å². The number of halogens is 3. The molecule has 0 atom stereocenters. The summed E-state index contributed by atoms with van der Waals surface area (Å²) in [5.74, 6) is 0.219. The summed E-state index contributed by atoms with van der Waals surface area (Å²) in [5.41, 5.74) is 0.577. The number of rotatable bonds is 5. The molecule has 4 nitrogen and oxygen atoms in total. The lowest BCUT2D eigenvalue weighted by atomic mass is 10.3. The van der Waals surface area contributed by atoms with Gasteiger partial charge in [-0.2, -0.15) is 0 Å². The third kappa shape index (κ3) is 3.46. The number of nitrogens with one attached hydrogen (secondary N) is 1. The molecule has 0 bridgehead atoms. The topological polar surface area (TPSA) is 39.1 Å². The number of imidazole rings is 1. The minimum absolute atomic E-state index is 0.285. The molecule has 7 heteroatoms. The smallest absolute Gasteiger partial charge is 0.207 e. The summed E-state index contributed by atoms with van der Waals surface area (Å²) in [6.07, 6.45) is 3.50. The quantitative estimate of drug-likeness (QED) is 0.892. The van der Waals surface area contributed by atoms with Gasteiger partial charge in [0.1, 0.15) is 5.82 Å². The van der Waals surface area contributed by atoms with Gasteiger partial charge in [-0.05, 0) is 28.1 Å². The third-order valence-electron chi connectivity index (χ3n) is 2.50. The van der Waals surface area contributed by atoms with E-state index in [0.29, 0.717) is 29.3 Å². The van der Waals surface area contributed by atoms with E-state index in [2.05, 4.69) is 26.2 Å². The Balaban J connectivity index is 2.24. The van der Waals surface area contributed by atoms with E-state index in [9.17, 15) is 4.39 Å². The number of nitrogens with zero attached hydrogens (tertiary/aromatic N) is 2. The monoisotopic (exact) mass is 347 g/mol. The van der Waals surface area contributed by atoms with Gasteiger partial charge in [0.05, 0.1) is 17.3 Å². The lowest BCUT2D eigenvalue weighted by Crippen LogP contribution is -2.07. The van der Waals surface area contributed by atoms with E-state index in [1.165, 1.54) is 12.1 Å². The van der Waals surface area contributed by atoms with Gasteiger partial charge in [0.15, 0.2) is 0 Å². The number of methoxy groups -OCH3 is 1. The normalized spacial score (nSPS) is 10.7. The lowest BCUT2D eigenvalue weighted by Gasteiger charge is -2.12. The van der Waals surface area contributed by atoms with E-state index in [-0.39, 0.29) is 5.02 Å². The molecule has 0 aliphatic heterocycles. The van der Waals surface area contributed by atoms with Crippen molar-refractivity contribution in [3.63, 3.8) is 0 Å². The fourth-order valence-corrected chi connectivity index (χ4v) is 2.48. The maximum atomic E-state index is 13.2. The molecule has 0 fully saturated rings. The Hall–Kier alpha value is -1.11. The number of hydrogen-bond acceptors (Lipinski definition) is 3. The predicted octanol–water partition coefficient (Wildman–Crippen LogP) is 3.83. The molecule has 0 aliphatic carbocycles. The zero-order valence-electron chi connectivity index (χ0n) is 10.2. The highest BCUT2D eigenvalue weighted by Crippen LogP contribution is 2.33. The van der Waals surface area contributed by atoms with E-state index in [1.807, 2.05) is 10.8 Å². The third-order valence-corrected chi connectivity index (χ3v) is 3.42. The first kappa shape index (κ1) is 14.3. The molecule has 0 amide bonds. The van der Waals surface area contributed by atoms with Crippen LogP contribution in [-0.2, 0) is 11.3 Å². The highest BCUT2D eigenvalue weighted by molar-refractivity contribution is 9.10. The second-order valence-electron chi connectivity index (χ2n) is 3.81. The van der Waals surface area contributed by atoms with Gasteiger partial charge in [-0.3, -0.25) is 0 Å². The number of hydrogen-bond donors (Lipinski definition) is 1. The second-order valence-corrected chi connectivity index (χ2v) is 5.07. The molecule has 1 heterocycles. The molecule has 102 valence electrons. The fourth-order valence-electron chi connectivity index (χ4n) is 1.58. The Morgan fingerprint density at radius 2 is 2.32 bits per heavy atom. The maximum absolute atomic E-state index is 13.2. The molecular formula is C12H12BrClFN3O. The van der Waals surface area contributed by atoms with Crippen LogP contribution in [0.5, 0.6) is 0 Å². The number of ether oxygens (including phenoxy) is 1. The maximum Gasteiger partial charge on any atom is 0.207 e. The van der Waals surface area contributed by atoms with E-state index >= 15 is 0 Å². The summed E-state index contributed by atoms with van der Waals surface area (Å²) in [6, 6.07) is 2.59. The van der Waals surface area contributed by atoms with Crippen LogP contribution in [0.1, 0.15) is 0 Å². The molecule has 19 heavy (non-hydrogen) atoms. The summed E-state index contributed by atoms with van der Waals surface area (Å²) in [5, 5.41) is 3.36. The van der Waals surface area contributed by atoms with Crippen molar-refractivity contribution in [2.45, 2.75) is 6.54 Å². The molecule has 1 aromatic carbocycles. The summed E-state index contributed by atoms with van der Waals surface area (Å²) in [6.45, 7) is 1.23. The minimum atomic E-state index is -0.398. The minimum Gasteiger partial charge on any atom is -0.383 e. The number of benzene rings is 1. The molecule has 0 aliphatic rings. The van der Waals surface area contributed by atoms with Gasteiger partial charge in [-0.25, -0.2) is 9.37 Å². The van der Waals surface area contributed by atoms with E-state index in [0.717, 1.165) is 0 Å². The zero-order chi connectivity index (χ0) is 13.8. The first-order valence-electron chi connectivity index (χ1n) is 5.53. The van der Waals surface area contributed by atoms with Crippen LogP contribution in [0, 0.1) is 5.82 Å². The predicted molar refractivity (Wildman–Crippen MR) is 76.5 cm³/mol. The van der Waals surface area contributed by atoms with Gasteiger partial charge >= 0.3 is 0 Å². The van der Waals surface area contributed by atoms with E-state index < -0.39 is 5.82 Å². The number of anilines is 2. The van der Waals surface area contributed by atoms with Gasteiger partial charge < -0.3 is 14.6 Å². The fraction of sp³-hybridized carbons (Fsp3) is 0.250. The van der Waals surface area contributed by atoms with Crippen LogP contribution < -0.4 is 5.32 Å². The average molecular weight is 349 g/mol. The van der Waals surface area contributed by atoms with Crippen molar-refractivity contribution >= 4 is 39.2 Å². The van der Waals surface area contributed by atoms with E-state index in [1.54, 1.807) is 13.3 Å². The van der Waals surface area contributed by atoms with Gasteiger partial charge in [0, 0.05) is 30.5 Å². The standard InChI is InChI=1S/C12H12BrClFN3O/c1-19-5-4-18-3-2-16-12(18)17-11-9(13)6-8(15)7-10(11)14/h2-3,6-7H,4-5H2,1H3,(H,16,17). The largest absolute Gasteiger partial charge is 0.383 e. The first-order valence-corrected chi connectivity index (χ1v) is 6.70. The van der Waals surface area contributed by atoms with Crippen LogP contribution in [0.15, 0.2) is 29.0 Å². The molecular weight excluding hydrogens is 337 g/mol. The van der Waals surface area contributed by atoms with E-state index in [4.69, 9.17) is 16.3 Å². The second kappa shape index (κ2) is 6.36. The van der Waals surface area contributed by atoms with Gasteiger partial charge in [0.2, 0.25) is 5.95 Å². The van der Waals surface area contributed by atoms with Crippen LogP contribution in [0.2, 0.25) is 5.02 Å². The Bertz CT molecular complexity index is 553. The summed E-state index contributed by atoms with van der Waals surface area (Å²) >= 11 is 9.29. The van der Waals surface area contributed by atoms with Crippen molar-refractivity contribution in [1.82, 2.24) is 9.55 Å². The van der Waals surface area contributed by atoms with Crippen molar-refractivity contribution in [1.29, 1.82) is 0 Å². The van der Waals surface area contributed by atoms with Crippen LogP contribution >= 0.6 is 27.5 Å². The van der Waals surface area contributed by atoms with Crippen LogP contribution in [-0.4, -0.2) is 23.3 Å².